The molecule has 0 aromatic heterocycles. The number of morpholine rings is 1. The van der Waals surface area contributed by atoms with Gasteiger partial charge in [-0.25, -0.2) is 0 Å². The van der Waals surface area contributed by atoms with Gasteiger partial charge in [0.15, 0.2) is 5.96 Å². The molecular weight excluding hydrogens is 348 g/mol. The van der Waals surface area contributed by atoms with Gasteiger partial charge in [0.1, 0.15) is 0 Å². The summed E-state index contributed by atoms with van der Waals surface area (Å²) in [5.41, 5.74) is 6.50. The molecule has 0 atom stereocenters. The Labute approximate surface area is 168 Å². The van der Waals surface area contributed by atoms with Crippen molar-refractivity contribution in [2.75, 3.05) is 33.4 Å². The first-order valence-electron chi connectivity index (χ1n) is 10.0. The maximum absolute atomic E-state index is 5.43. The molecule has 1 aliphatic rings. The average molecular weight is 381 g/mol. The largest absolute Gasteiger partial charge is 0.379 e. The Balaban J connectivity index is 1.51. The van der Waals surface area contributed by atoms with Crippen molar-refractivity contribution < 1.29 is 4.74 Å². The summed E-state index contributed by atoms with van der Waals surface area (Å²) < 4.78 is 5.43. The van der Waals surface area contributed by atoms with Gasteiger partial charge in [-0.1, -0.05) is 48.0 Å². The maximum atomic E-state index is 5.43. The van der Waals surface area contributed by atoms with E-state index in [1.54, 1.807) is 0 Å². The molecule has 2 aromatic carbocycles. The first kappa shape index (κ1) is 20.4. The lowest BCUT2D eigenvalue weighted by Crippen LogP contribution is -2.36. The number of aryl methyl sites for hydroxylation is 2. The lowest BCUT2D eigenvalue weighted by atomic mass is 10.1. The number of aliphatic imine (C=N–C) groups is 1. The number of rotatable bonds is 6. The second kappa shape index (κ2) is 10.2. The zero-order valence-corrected chi connectivity index (χ0v) is 17.3. The highest BCUT2D eigenvalue weighted by Gasteiger charge is 2.10. The molecule has 3 rings (SSSR count). The number of nitrogens with one attached hydrogen (secondary N) is 2. The number of hydrogen-bond donors (Lipinski definition) is 2. The standard InChI is InChI=1S/C23H32N4O/c1-18-7-8-22(19(2)13-18)16-26-23(24-3)25-15-20-5-4-6-21(14-20)17-27-9-11-28-12-10-27/h4-8,13-14H,9-12,15-17H2,1-3H3,(H2,24,25,26). The molecule has 2 aromatic rings. The van der Waals surface area contributed by atoms with Crippen molar-refractivity contribution >= 4 is 5.96 Å². The smallest absolute Gasteiger partial charge is 0.191 e. The number of hydrogen-bond acceptors (Lipinski definition) is 3. The van der Waals surface area contributed by atoms with Crippen molar-refractivity contribution in [3.05, 3.63) is 70.3 Å². The molecule has 150 valence electrons. The molecule has 28 heavy (non-hydrogen) atoms. The van der Waals surface area contributed by atoms with Crippen LogP contribution in [0.5, 0.6) is 0 Å². The fraction of sp³-hybridized carbons (Fsp3) is 0.435. The summed E-state index contributed by atoms with van der Waals surface area (Å²) in [5, 5.41) is 6.84. The fourth-order valence-corrected chi connectivity index (χ4v) is 3.48. The number of nitrogens with zero attached hydrogens (tertiary/aromatic N) is 2. The van der Waals surface area contributed by atoms with Crippen LogP contribution in [0.15, 0.2) is 47.5 Å². The van der Waals surface area contributed by atoms with Crippen LogP contribution in [0.3, 0.4) is 0 Å². The molecule has 0 unspecified atom stereocenters. The minimum atomic E-state index is 0.753. The molecule has 0 saturated carbocycles. The summed E-state index contributed by atoms with van der Waals surface area (Å²) in [7, 11) is 1.81. The minimum Gasteiger partial charge on any atom is -0.379 e. The van der Waals surface area contributed by atoms with Gasteiger partial charge in [-0.3, -0.25) is 9.89 Å². The fourth-order valence-electron chi connectivity index (χ4n) is 3.48. The van der Waals surface area contributed by atoms with Gasteiger partial charge in [0.25, 0.3) is 0 Å². The maximum Gasteiger partial charge on any atom is 0.191 e. The third-order valence-corrected chi connectivity index (χ3v) is 5.13. The van der Waals surface area contributed by atoms with E-state index in [4.69, 9.17) is 4.74 Å². The summed E-state index contributed by atoms with van der Waals surface area (Å²) in [5.74, 6) is 0.818. The first-order chi connectivity index (χ1) is 13.6. The van der Waals surface area contributed by atoms with Crippen LogP contribution in [-0.2, 0) is 24.4 Å². The number of ether oxygens (including phenoxy) is 1. The Hall–Kier alpha value is -2.37. The summed E-state index contributed by atoms with van der Waals surface area (Å²) in [6.45, 7) is 10.5. The monoisotopic (exact) mass is 380 g/mol. The van der Waals surface area contributed by atoms with Crippen LogP contribution in [0.1, 0.15) is 27.8 Å². The minimum absolute atomic E-state index is 0.753. The van der Waals surface area contributed by atoms with Gasteiger partial charge in [-0.05, 0) is 36.1 Å². The highest BCUT2D eigenvalue weighted by Crippen LogP contribution is 2.11. The Morgan fingerprint density at radius 1 is 1.00 bits per heavy atom. The Kier molecular flexibility index (Phi) is 7.46. The first-order valence-corrected chi connectivity index (χ1v) is 10.0. The zero-order chi connectivity index (χ0) is 19.8. The quantitative estimate of drug-likeness (QED) is 0.597. The van der Waals surface area contributed by atoms with E-state index in [9.17, 15) is 0 Å². The lowest BCUT2D eigenvalue weighted by molar-refractivity contribution is 0.0342. The number of benzene rings is 2. The van der Waals surface area contributed by atoms with Crippen molar-refractivity contribution in [3.63, 3.8) is 0 Å². The molecule has 0 amide bonds. The molecule has 1 heterocycles. The SMILES string of the molecule is CN=C(NCc1cccc(CN2CCOCC2)c1)NCc1ccc(C)cc1C. The van der Waals surface area contributed by atoms with Gasteiger partial charge < -0.3 is 15.4 Å². The van der Waals surface area contributed by atoms with Crippen LogP contribution in [0.25, 0.3) is 0 Å². The van der Waals surface area contributed by atoms with E-state index in [0.717, 1.165) is 51.9 Å². The van der Waals surface area contributed by atoms with Gasteiger partial charge in [0, 0.05) is 39.8 Å². The van der Waals surface area contributed by atoms with Crippen LogP contribution in [0, 0.1) is 13.8 Å². The van der Waals surface area contributed by atoms with E-state index >= 15 is 0 Å². The van der Waals surface area contributed by atoms with Crippen LogP contribution < -0.4 is 10.6 Å². The average Bonchev–Trinajstić information content (AvgIpc) is 2.70. The Morgan fingerprint density at radius 3 is 2.50 bits per heavy atom. The highest BCUT2D eigenvalue weighted by molar-refractivity contribution is 5.79. The predicted molar refractivity (Wildman–Crippen MR) is 115 cm³/mol. The molecular formula is C23H32N4O. The Morgan fingerprint density at radius 2 is 1.75 bits per heavy atom. The summed E-state index contributed by atoms with van der Waals surface area (Å²) in [6.07, 6.45) is 0. The van der Waals surface area contributed by atoms with Crippen molar-refractivity contribution in [3.8, 4) is 0 Å². The molecule has 0 spiro atoms. The van der Waals surface area contributed by atoms with E-state index < -0.39 is 0 Å². The van der Waals surface area contributed by atoms with Crippen molar-refractivity contribution in [1.82, 2.24) is 15.5 Å². The Bertz CT molecular complexity index is 797. The van der Waals surface area contributed by atoms with Crippen LogP contribution >= 0.6 is 0 Å². The van der Waals surface area contributed by atoms with Crippen LogP contribution in [0.2, 0.25) is 0 Å². The second-order valence-electron chi connectivity index (χ2n) is 7.42. The van der Waals surface area contributed by atoms with Gasteiger partial charge in [-0.15, -0.1) is 0 Å². The van der Waals surface area contributed by atoms with E-state index in [0.29, 0.717) is 0 Å². The topological polar surface area (TPSA) is 48.9 Å². The van der Waals surface area contributed by atoms with Crippen LogP contribution in [0.4, 0.5) is 0 Å². The summed E-state index contributed by atoms with van der Waals surface area (Å²) in [6, 6.07) is 15.3. The van der Waals surface area contributed by atoms with Crippen molar-refractivity contribution in [2.45, 2.75) is 33.5 Å². The van der Waals surface area contributed by atoms with Gasteiger partial charge >= 0.3 is 0 Å². The van der Waals surface area contributed by atoms with Gasteiger partial charge in [0.2, 0.25) is 0 Å². The van der Waals surface area contributed by atoms with E-state index in [1.807, 2.05) is 7.05 Å². The summed E-state index contributed by atoms with van der Waals surface area (Å²) in [4.78, 5) is 6.80. The summed E-state index contributed by atoms with van der Waals surface area (Å²) >= 11 is 0. The molecule has 0 radical (unpaired) electrons. The van der Waals surface area contributed by atoms with Crippen molar-refractivity contribution in [2.24, 2.45) is 4.99 Å². The lowest BCUT2D eigenvalue weighted by Gasteiger charge is -2.26. The van der Waals surface area contributed by atoms with E-state index in [1.165, 1.54) is 27.8 Å². The van der Waals surface area contributed by atoms with Crippen molar-refractivity contribution in [1.29, 1.82) is 0 Å². The third-order valence-electron chi connectivity index (χ3n) is 5.13. The van der Waals surface area contributed by atoms with E-state index in [2.05, 4.69) is 76.8 Å². The normalized spacial score (nSPS) is 15.5. The highest BCUT2D eigenvalue weighted by atomic mass is 16.5. The van der Waals surface area contributed by atoms with Gasteiger partial charge in [-0.2, -0.15) is 0 Å². The molecule has 5 nitrogen and oxygen atoms in total. The van der Waals surface area contributed by atoms with Crippen LogP contribution in [-0.4, -0.2) is 44.2 Å². The number of guanidine groups is 1. The molecule has 0 bridgehead atoms. The molecule has 5 heteroatoms. The molecule has 1 aliphatic heterocycles. The third kappa shape index (κ3) is 6.08. The molecule has 1 saturated heterocycles. The molecule has 1 fully saturated rings. The predicted octanol–water partition coefficient (Wildman–Crippen LogP) is 3.00. The molecule has 2 N–H and O–H groups in total. The second-order valence-corrected chi connectivity index (χ2v) is 7.42. The zero-order valence-electron chi connectivity index (χ0n) is 17.3. The van der Waals surface area contributed by atoms with Gasteiger partial charge in [0.05, 0.1) is 13.2 Å². The van der Waals surface area contributed by atoms with E-state index in [-0.39, 0.29) is 0 Å². The molecule has 0 aliphatic carbocycles.